The average Bonchev–Trinajstić information content (AvgIpc) is 3.65. The molecule has 7 rings (SSSR count). The molecular formula is C44H44N4OPt. The Balaban J connectivity index is 0.00000432. The molecule has 5 nitrogen and oxygen atoms in total. The summed E-state index contributed by atoms with van der Waals surface area (Å²) in [5.41, 5.74) is 10.1. The first-order valence-corrected chi connectivity index (χ1v) is 17.4. The van der Waals surface area contributed by atoms with Crippen LogP contribution in [-0.2, 0) is 32.9 Å². The second-order valence-corrected chi connectivity index (χ2v) is 14.5. The van der Waals surface area contributed by atoms with E-state index in [-0.39, 0.29) is 38.3 Å². The molecule has 3 aromatic heterocycles. The van der Waals surface area contributed by atoms with Gasteiger partial charge in [-0.15, -0.1) is 35.7 Å². The van der Waals surface area contributed by atoms with Gasteiger partial charge in [-0.1, -0.05) is 103 Å². The Morgan fingerprint density at radius 1 is 0.780 bits per heavy atom. The van der Waals surface area contributed by atoms with Crippen LogP contribution in [0.3, 0.4) is 0 Å². The molecule has 0 radical (unpaired) electrons. The van der Waals surface area contributed by atoms with Gasteiger partial charge < -0.3 is 9.30 Å². The molecule has 0 amide bonds. The average molecular weight is 840 g/mol. The van der Waals surface area contributed by atoms with Crippen LogP contribution in [0.1, 0.15) is 89.7 Å². The molecule has 0 bridgehead atoms. The minimum atomic E-state index is 0. The van der Waals surface area contributed by atoms with Crippen molar-refractivity contribution < 1.29 is 25.8 Å². The Bertz CT molecular complexity index is 2300. The zero-order valence-electron chi connectivity index (χ0n) is 30.1. The third-order valence-corrected chi connectivity index (χ3v) is 9.26. The zero-order valence-corrected chi connectivity index (χ0v) is 32.4. The number of pyridine rings is 1. The summed E-state index contributed by atoms with van der Waals surface area (Å²) >= 11 is 0. The van der Waals surface area contributed by atoms with Crippen molar-refractivity contribution in [1.82, 2.24) is 19.3 Å². The number of hydrogen-bond donors (Lipinski definition) is 0. The number of fused-ring (bicyclic) bond motifs is 3. The summed E-state index contributed by atoms with van der Waals surface area (Å²) in [4.78, 5) is 4.76. The Morgan fingerprint density at radius 2 is 1.54 bits per heavy atom. The molecular weight excluding hydrogens is 796 g/mol. The van der Waals surface area contributed by atoms with Gasteiger partial charge in [0, 0.05) is 28.8 Å². The summed E-state index contributed by atoms with van der Waals surface area (Å²) < 4.78 is 10.8. The summed E-state index contributed by atoms with van der Waals surface area (Å²) in [6.07, 6.45) is 2.82. The van der Waals surface area contributed by atoms with Gasteiger partial charge >= 0.3 is 21.1 Å². The van der Waals surface area contributed by atoms with Gasteiger partial charge in [-0.05, 0) is 69.6 Å². The summed E-state index contributed by atoms with van der Waals surface area (Å²) in [5, 5.41) is 7.51. The van der Waals surface area contributed by atoms with Crippen LogP contribution in [0.4, 0.5) is 0 Å². The van der Waals surface area contributed by atoms with E-state index in [1.807, 2.05) is 24.4 Å². The molecule has 0 fully saturated rings. The van der Waals surface area contributed by atoms with E-state index in [2.05, 4.69) is 150 Å². The van der Waals surface area contributed by atoms with Crippen molar-refractivity contribution in [1.29, 1.82) is 0 Å². The van der Waals surface area contributed by atoms with E-state index in [9.17, 15) is 0 Å². The van der Waals surface area contributed by atoms with Crippen LogP contribution in [0.2, 0.25) is 0 Å². The van der Waals surface area contributed by atoms with Crippen LogP contribution in [0.15, 0.2) is 97.2 Å². The zero-order chi connectivity index (χ0) is 34.4. The Morgan fingerprint density at radius 3 is 2.28 bits per heavy atom. The van der Waals surface area contributed by atoms with E-state index in [4.69, 9.17) is 14.8 Å². The molecule has 0 spiro atoms. The molecule has 0 N–H and O–H groups in total. The molecule has 4 aromatic carbocycles. The van der Waals surface area contributed by atoms with Crippen LogP contribution >= 0.6 is 0 Å². The van der Waals surface area contributed by atoms with Gasteiger partial charge in [-0.3, -0.25) is 4.68 Å². The minimum Gasteiger partial charge on any atom is -0.509 e. The van der Waals surface area contributed by atoms with Gasteiger partial charge in [0.2, 0.25) is 0 Å². The van der Waals surface area contributed by atoms with Gasteiger partial charge in [0.05, 0.1) is 11.4 Å². The number of benzene rings is 4. The van der Waals surface area contributed by atoms with E-state index in [0.717, 1.165) is 45.4 Å². The fourth-order valence-electron chi connectivity index (χ4n) is 6.72. The molecule has 50 heavy (non-hydrogen) atoms. The molecule has 0 aliphatic heterocycles. The van der Waals surface area contributed by atoms with E-state index >= 15 is 0 Å². The Labute approximate surface area is 310 Å². The monoisotopic (exact) mass is 839 g/mol. The largest absolute Gasteiger partial charge is 2.00 e. The first-order chi connectivity index (χ1) is 23.5. The third kappa shape index (κ3) is 6.56. The number of hydrogen-bond acceptors (Lipinski definition) is 3. The van der Waals surface area contributed by atoms with Crippen molar-refractivity contribution in [2.45, 2.75) is 79.1 Å². The second kappa shape index (κ2) is 14.0. The number of aromatic nitrogens is 4. The molecule has 6 heteroatoms. The molecule has 0 unspecified atom stereocenters. The SMILES string of the molecule is CCc1ccnc(-n2c3[c-]c(Oc4[c-]c(-n5nc(C(C)C)c(-c6cccc(C(C)(C)C)c6)c5C(C)C)ccc4)ccc3c3ccccc32)c1.[Pt+2]. The van der Waals surface area contributed by atoms with Crippen LogP contribution in [0, 0.1) is 12.1 Å². The standard InChI is InChI=1S/C44H44N4O.Pt/c1-9-30-22-23-45-40(24-30)47-38-19-11-10-18-36(38)37-21-20-35(27-39(37)47)49-34-17-13-16-33(26-34)48-43(29(4)5)41(42(46-48)28(2)3)31-14-12-15-32(25-31)44(6,7)8;/h10-25,28-29H,9H2,1-8H3;/q-2;+2. The molecule has 0 saturated carbocycles. The topological polar surface area (TPSA) is 44.9 Å². The van der Waals surface area contributed by atoms with Crippen molar-refractivity contribution in [3.05, 3.63) is 132 Å². The molecule has 0 atom stereocenters. The number of ether oxygens (including phenoxy) is 1. The maximum Gasteiger partial charge on any atom is 2.00 e. The van der Waals surface area contributed by atoms with E-state index in [1.165, 1.54) is 27.9 Å². The summed E-state index contributed by atoms with van der Waals surface area (Å²) in [7, 11) is 0. The fraction of sp³-hybridized carbons (Fsp3) is 0.273. The minimum absolute atomic E-state index is 0. The normalized spacial score (nSPS) is 11.9. The summed E-state index contributed by atoms with van der Waals surface area (Å²) in [6, 6.07) is 38.8. The maximum absolute atomic E-state index is 6.52. The van der Waals surface area contributed by atoms with Crippen LogP contribution in [-0.4, -0.2) is 19.3 Å². The number of para-hydroxylation sites is 1. The number of rotatable bonds is 8. The van der Waals surface area contributed by atoms with Crippen LogP contribution < -0.4 is 4.74 Å². The van der Waals surface area contributed by atoms with Gasteiger partial charge in [0.15, 0.2) is 0 Å². The molecule has 3 heterocycles. The van der Waals surface area contributed by atoms with Crippen LogP contribution in [0.25, 0.3) is 44.4 Å². The summed E-state index contributed by atoms with van der Waals surface area (Å²) in [6.45, 7) is 17.9. The quantitative estimate of drug-likeness (QED) is 0.143. The first kappa shape index (κ1) is 35.4. The van der Waals surface area contributed by atoms with Crippen LogP contribution in [0.5, 0.6) is 11.5 Å². The van der Waals surface area contributed by atoms with Crippen molar-refractivity contribution in [2.75, 3.05) is 0 Å². The summed E-state index contributed by atoms with van der Waals surface area (Å²) in [5.74, 6) is 2.56. The third-order valence-electron chi connectivity index (χ3n) is 9.26. The molecule has 0 aliphatic rings. The molecule has 0 aliphatic carbocycles. The molecule has 0 saturated heterocycles. The van der Waals surface area contributed by atoms with Crippen molar-refractivity contribution in [2.24, 2.45) is 0 Å². The fourth-order valence-corrected chi connectivity index (χ4v) is 6.72. The Kier molecular flexibility index (Phi) is 9.93. The van der Waals surface area contributed by atoms with E-state index < -0.39 is 0 Å². The van der Waals surface area contributed by atoms with Crippen molar-refractivity contribution >= 4 is 21.8 Å². The predicted octanol–water partition coefficient (Wildman–Crippen LogP) is 11.5. The van der Waals surface area contributed by atoms with Gasteiger partial charge in [0.1, 0.15) is 5.82 Å². The predicted molar refractivity (Wildman–Crippen MR) is 202 cm³/mol. The number of aryl methyl sites for hydroxylation is 1. The van der Waals surface area contributed by atoms with Gasteiger partial charge in [-0.25, -0.2) is 4.98 Å². The van der Waals surface area contributed by atoms with Gasteiger partial charge in [-0.2, -0.15) is 17.2 Å². The van der Waals surface area contributed by atoms with E-state index in [1.54, 1.807) is 0 Å². The Hall–Kier alpha value is -4.47. The van der Waals surface area contributed by atoms with Gasteiger partial charge in [0.25, 0.3) is 0 Å². The first-order valence-electron chi connectivity index (χ1n) is 17.4. The maximum atomic E-state index is 6.52. The second-order valence-electron chi connectivity index (χ2n) is 14.5. The molecule has 256 valence electrons. The molecule has 7 aromatic rings. The van der Waals surface area contributed by atoms with Crippen molar-refractivity contribution in [3.63, 3.8) is 0 Å². The number of nitrogens with zero attached hydrogens (tertiary/aromatic N) is 4. The van der Waals surface area contributed by atoms with E-state index in [0.29, 0.717) is 11.5 Å². The smallest absolute Gasteiger partial charge is 0.509 e. The van der Waals surface area contributed by atoms with Crippen molar-refractivity contribution in [3.8, 4) is 34.1 Å².